The zero-order valence-corrected chi connectivity index (χ0v) is 19.9. The lowest BCUT2D eigenvalue weighted by Gasteiger charge is -2.08. The van der Waals surface area contributed by atoms with E-state index in [1.807, 2.05) is 32.0 Å². The second-order valence-electron chi connectivity index (χ2n) is 7.23. The first-order valence-electron chi connectivity index (χ1n) is 9.71. The minimum Gasteiger partial charge on any atom is -0.268 e. The number of benzene rings is 2. The van der Waals surface area contributed by atoms with Crippen LogP contribution in [0.2, 0.25) is 10.0 Å². The quantitative estimate of drug-likeness (QED) is 0.379. The molecule has 1 N–H and O–H groups in total. The average molecular weight is 484 g/mol. The van der Waals surface area contributed by atoms with Gasteiger partial charge in [0, 0.05) is 15.1 Å². The molecule has 8 heteroatoms. The lowest BCUT2D eigenvalue weighted by Crippen LogP contribution is -2.32. The Bertz CT molecular complexity index is 1190. The van der Waals surface area contributed by atoms with Crippen LogP contribution in [0.3, 0.4) is 0 Å². The van der Waals surface area contributed by atoms with Crippen LogP contribution in [-0.4, -0.2) is 20.1 Å². The smallest absolute Gasteiger partial charge is 0.264 e. The maximum absolute atomic E-state index is 12.6. The average Bonchev–Trinajstić information content (AvgIpc) is 2.99. The molecular weight excluding hydrogens is 461 g/mol. The van der Waals surface area contributed by atoms with E-state index in [-0.39, 0.29) is 5.75 Å². The molecule has 0 bridgehead atoms. The molecule has 0 aliphatic rings. The third-order valence-corrected chi connectivity index (χ3v) is 8.07. The van der Waals surface area contributed by atoms with Gasteiger partial charge in [-0.2, -0.15) is 0 Å². The molecule has 0 radical (unpaired) electrons. The molecule has 0 saturated carbocycles. The van der Waals surface area contributed by atoms with Crippen LogP contribution in [0, 0.1) is 6.92 Å². The Hall–Kier alpha value is -1.60. The number of fused-ring (bicyclic) bond motifs is 1. The molecule has 0 aliphatic heterocycles. The molecule has 0 atom stereocenters. The van der Waals surface area contributed by atoms with E-state index in [1.165, 1.54) is 0 Å². The number of hydrogen-bond donors (Lipinski definition) is 1. The van der Waals surface area contributed by atoms with Crippen LogP contribution in [0.1, 0.15) is 52.5 Å². The van der Waals surface area contributed by atoms with Gasteiger partial charge in [0.2, 0.25) is 10.0 Å². The Balaban J connectivity index is 1.87. The first kappa shape index (κ1) is 23.1. The summed E-state index contributed by atoms with van der Waals surface area (Å²) in [7, 11) is -3.64. The zero-order valence-electron chi connectivity index (χ0n) is 16.8. The fourth-order valence-electron chi connectivity index (χ4n) is 3.28. The van der Waals surface area contributed by atoms with Gasteiger partial charge in [0.1, 0.15) is 0 Å². The highest BCUT2D eigenvalue weighted by Gasteiger charge is 2.18. The maximum Gasteiger partial charge on any atom is 0.264 e. The number of amides is 1. The van der Waals surface area contributed by atoms with Gasteiger partial charge in [-0.25, -0.2) is 13.1 Å². The number of unbranched alkanes of at least 4 members (excludes halogenated alkanes) is 2. The lowest BCUT2D eigenvalue weighted by atomic mass is 10.0. The van der Waals surface area contributed by atoms with Crippen molar-refractivity contribution in [3.63, 3.8) is 0 Å². The lowest BCUT2D eigenvalue weighted by molar-refractivity contribution is 0.0981. The van der Waals surface area contributed by atoms with E-state index in [9.17, 15) is 13.2 Å². The number of aryl methyl sites for hydroxylation is 1. The monoisotopic (exact) mass is 483 g/mol. The number of carbonyl (C=O) groups excluding carboxylic acids is 1. The largest absolute Gasteiger partial charge is 0.268 e. The molecule has 4 nitrogen and oxygen atoms in total. The summed E-state index contributed by atoms with van der Waals surface area (Å²) in [6, 6.07) is 10.8. The van der Waals surface area contributed by atoms with Crippen LogP contribution in [0.15, 0.2) is 36.4 Å². The molecule has 0 fully saturated rings. The van der Waals surface area contributed by atoms with E-state index in [0.29, 0.717) is 28.5 Å². The normalized spacial score (nSPS) is 11.7. The number of carbonyl (C=O) groups is 1. The predicted octanol–water partition coefficient (Wildman–Crippen LogP) is 6.36. The second kappa shape index (κ2) is 9.69. The Kier molecular flexibility index (Phi) is 7.45. The van der Waals surface area contributed by atoms with Gasteiger partial charge in [-0.05, 0) is 66.6 Å². The standard InChI is InChI=1S/C22H23Cl2NO3S2/c1-3-4-5-10-30(27,28)25-22(26)16-7-9-21-18(13-16)17(14(2)29-21)11-15-6-8-19(23)20(24)12-15/h6-9,12-13H,3-5,10-11H2,1-2H3,(H,25,26). The van der Waals surface area contributed by atoms with Crippen molar-refractivity contribution in [2.24, 2.45) is 0 Å². The number of nitrogens with one attached hydrogen (secondary N) is 1. The minimum atomic E-state index is -3.64. The van der Waals surface area contributed by atoms with Gasteiger partial charge in [-0.15, -0.1) is 11.3 Å². The molecule has 0 spiro atoms. The molecule has 0 saturated heterocycles. The number of rotatable bonds is 8. The summed E-state index contributed by atoms with van der Waals surface area (Å²) < 4.78 is 27.6. The summed E-state index contributed by atoms with van der Waals surface area (Å²) in [6.45, 7) is 4.04. The first-order valence-corrected chi connectivity index (χ1v) is 12.9. The van der Waals surface area contributed by atoms with E-state index >= 15 is 0 Å². The van der Waals surface area contributed by atoms with Crippen LogP contribution >= 0.6 is 34.5 Å². The van der Waals surface area contributed by atoms with Crippen LogP contribution < -0.4 is 4.72 Å². The first-order chi connectivity index (χ1) is 14.2. The molecule has 1 aromatic heterocycles. The summed E-state index contributed by atoms with van der Waals surface area (Å²) in [5, 5.41) is 1.95. The van der Waals surface area contributed by atoms with E-state index < -0.39 is 15.9 Å². The molecule has 1 amide bonds. The van der Waals surface area contributed by atoms with Gasteiger partial charge in [0.05, 0.1) is 15.8 Å². The fraction of sp³-hybridized carbons (Fsp3) is 0.318. The predicted molar refractivity (Wildman–Crippen MR) is 127 cm³/mol. The van der Waals surface area contributed by atoms with Gasteiger partial charge in [0.25, 0.3) is 5.91 Å². The summed E-state index contributed by atoms with van der Waals surface area (Å²) >= 11 is 13.8. The highest BCUT2D eigenvalue weighted by Crippen LogP contribution is 2.34. The van der Waals surface area contributed by atoms with Crippen molar-refractivity contribution in [1.82, 2.24) is 4.72 Å². The molecule has 1 heterocycles. The van der Waals surface area contributed by atoms with Crippen LogP contribution in [0.25, 0.3) is 10.1 Å². The van der Waals surface area contributed by atoms with Gasteiger partial charge in [-0.3, -0.25) is 4.79 Å². The molecule has 0 unspecified atom stereocenters. The van der Waals surface area contributed by atoms with E-state index in [0.717, 1.165) is 38.9 Å². The van der Waals surface area contributed by atoms with Crippen molar-refractivity contribution in [3.8, 4) is 0 Å². The van der Waals surface area contributed by atoms with Crippen molar-refractivity contribution < 1.29 is 13.2 Å². The van der Waals surface area contributed by atoms with Crippen LogP contribution in [0.5, 0.6) is 0 Å². The van der Waals surface area contributed by atoms with Gasteiger partial charge in [-0.1, -0.05) is 49.0 Å². The zero-order chi connectivity index (χ0) is 21.9. The summed E-state index contributed by atoms with van der Waals surface area (Å²) in [5.74, 6) is -0.646. The highest BCUT2D eigenvalue weighted by molar-refractivity contribution is 7.90. The summed E-state index contributed by atoms with van der Waals surface area (Å²) in [4.78, 5) is 13.7. The second-order valence-corrected chi connectivity index (χ2v) is 11.1. The third-order valence-electron chi connectivity index (χ3n) is 4.88. The SMILES string of the molecule is CCCCCS(=O)(=O)NC(=O)c1ccc2sc(C)c(Cc3ccc(Cl)c(Cl)c3)c2c1. The fourth-order valence-corrected chi connectivity index (χ4v) is 5.75. The molecule has 2 aromatic carbocycles. The van der Waals surface area contributed by atoms with E-state index in [1.54, 1.807) is 29.5 Å². The topological polar surface area (TPSA) is 63.2 Å². The molecule has 3 aromatic rings. The minimum absolute atomic E-state index is 0.0467. The van der Waals surface area contributed by atoms with Crippen molar-refractivity contribution in [3.05, 3.63) is 68.0 Å². The van der Waals surface area contributed by atoms with Crippen molar-refractivity contribution in [1.29, 1.82) is 0 Å². The number of hydrogen-bond acceptors (Lipinski definition) is 4. The number of sulfonamides is 1. The Morgan fingerprint density at radius 1 is 1.07 bits per heavy atom. The van der Waals surface area contributed by atoms with Crippen molar-refractivity contribution in [2.45, 2.75) is 39.5 Å². The molecule has 3 rings (SSSR count). The molecule has 30 heavy (non-hydrogen) atoms. The number of thiophene rings is 1. The van der Waals surface area contributed by atoms with Gasteiger partial charge < -0.3 is 0 Å². The Morgan fingerprint density at radius 2 is 1.83 bits per heavy atom. The third kappa shape index (κ3) is 5.55. The van der Waals surface area contributed by atoms with Crippen LogP contribution in [-0.2, 0) is 16.4 Å². The highest BCUT2D eigenvalue weighted by atomic mass is 35.5. The van der Waals surface area contributed by atoms with E-state index in [2.05, 4.69) is 4.72 Å². The van der Waals surface area contributed by atoms with Crippen molar-refractivity contribution >= 4 is 60.6 Å². The summed E-state index contributed by atoms with van der Waals surface area (Å²) in [6.07, 6.45) is 2.91. The number of halogens is 2. The van der Waals surface area contributed by atoms with Crippen LogP contribution in [0.4, 0.5) is 0 Å². The Labute approximate surface area is 191 Å². The Morgan fingerprint density at radius 3 is 2.53 bits per heavy atom. The maximum atomic E-state index is 12.6. The van der Waals surface area contributed by atoms with Gasteiger partial charge in [0.15, 0.2) is 0 Å². The molecular formula is C22H23Cl2NO3S2. The van der Waals surface area contributed by atoms with E-state index in [4.69, 9.17) is 23.2 Å². The summed E-state index contributed by atoms with van der Waals surface area (Å²) in [5.41, 5.74) is 2.43. The van der Waals surface area contributed by atoms with Gasteiger partial charge >= 0.3 is 0 Å². The molecule has 0 aliphatic carbocycles. The van der Waals surface area contributed by atoms with Crippen molar-refractivity contribution in [2.75, 3.05) is 5.75 Å². The molecule has 160 valence electrons.